The number of nitrogens with zero attached hydrogens (tertiary/aromatic N) is 2. The minimum absolute atomic E-state index is 0.0513. The molecule has 0 saturated heterocycles. The van der Waals surface area contributed by atoms with Crippen LogP contribution in [0.4, 0.5) is 18.9 Å². The molecule has 2 aromatic rings. The Labute approximate surface area is 185 Å². The third-order valence-electron chi connectivity index (χ3n) is 5.32. The number of anilines is 1. The van der Waals surface area contributed by atoms with E-state index in [4.69, 9.17) is 0 Å². The first kappa shape index (κ1) is 23.6. The fourth-order valence-electron chi connectivity index (χ4n) is 3.50. The Balaban J connectivity index is 2.10. The molecular formula is C23H30F3N3OS. The van der Waals surface area contributed by atoms with E-state index in [1.165, 1.54) is 17.4 Å². The van der Waals surface area contributed by atoms with Gasteiger partial charge in [0.2, 0.25) is 0 Å². The summed E-state index contributed by atoms with van der Waals surface area (Å²) in [5.41, 5.74) is 0.438. The third kappa shape index (κ3) is 5.59. The molecule has 1 N–H and O–H groups in total. The number of aromatic nitrogens is 1. The van der Waals surface area contributed by atoms with Gasteiger partial charge in [-0.15, -0.1) is 11.3 Å². The van der Waals surface area contributed by atoms with Crippen molar-refractivity contribution in [1.82, 2.24) is 4.57 Å². The van der Waals surface area contributed by atoms with Crippen LogP contribution in [0, 0.1) is 12.8 Å². The van der Waals surface area contributed by atoms with E-state index >= 15 is 0 Å². The van der Waals surface area contributed by atoms with E-state index in [0.29, 0.717) is 23.0 Å². The largest absolute Gasteiger partial charge is 0.416 e. The summed E-state index contributed by atoms with van der Waals surface area (Å²) in [5, 5.41) is 3.05. The highest BCUT2D eigenvalue weighted by molar-refractivity contribution is 7.09. The van der Waals surface area contributed by atoms with E-state index in [2.05, 4.69) is 35.6 Å². The van der Waals surface area contributed by atoms with Crippen molar-refractivity contribution in [1.29, 1.82) is 0 Å². The topological polar surface area (TPSA) is 46.4 Å². The number of halogens is 3. The molecule has 1 aromatic heterocycles. The monoisotopic (exact) mass is 453 g/mol. The number of hydrogen-bond donors (Lipinski definition) is 1. The van der Waals surface area contributed by atoms with Crippen LogP contribution >= 0.6 is 11.3 Å². The van der Waals surface area contributed by atoms with Crippen LogP contribution in [-0.2, 0) is 18.1 Å². The summed E-state index contributed by atoms with van der Waals surface area (Å²) >= 11 is 1.45. The maximum Gasteiger partial charge on any atom is 0.416 e. The van der Waals surface area contributed by atoms with Crippen molar-refractivity contribution >= 4 is 22.9 Å². The quantitative estimate of drug-likeness (QED) is 0.570. The van der Waals surface area contributed by atoms with E-state index in [9.17, 15) is 18.0 Å². The molecule has 0 aliphatic heterocycles. The summed E-state index contributed by atoms with van der Waals surface area (Å²) in [6, 6.07) is 3.22. The van der Waals surface area contributed by atoms with E-state index in [0.717, 1.165) is 48.5 Å². The molecular weight excluding hydrogens is 423 g/mol. The fourth-order valence-corrected chi connectivity index (χ4v) is 4.69. The van der Waals surface area contributed by atoms with Crippen molar-refractivity contribution in [3.05, 3.63) is 44.7 Å². The molecule has 0 unspecified atom stereocenters. The average Bonchev–Trinajstić information content (AvgIpc) is 3.44. The van der Waals surface area contributed by atoms with Gasteiger partial charge in [-0.1, -0.05) is 27.7 Å². The van der Waals surface area contributed by atoms with Gasteiger partial charge in [0.1, 0.15) is 0 Å². The number of nitrogens with one attached hydrogen (secondary N) is 1. The number of carbonyl (C=O) groups is 1. The van der Waals surface area contributed by atoms with Gasteiger partial charge in [-0.2, -0.15) is 18.2 Å². The molecule has 0 radical (unpaired) electrons. The molecule has 1 fully saturated rings. The van der Waals surface area contributed by atoms with Gasteiger partial charge >= 0.3 is 6.18 Å². The Kier molecular flexibility index (Phi) is 6.69. The maximum absolute atomic E-state index is 13.3. The number of benzene rings is 1. The lowest BCUT2D eigenvalue weighted by molar-refractivity contribution is -0.137. The van der Waals surface area contributed by atoms with Gasteiger partial charge in [0.05, 0.1) is 11.1 Å². The lowest BCUT2D eigenvalue weighted by Gasteiger charge is -2.17. The van der Waals surface area contributed by atoms with Crippen LogP contribution in [0.2, 0.25) is 0 Å². The van der Waals surface area contributed by atoms with Gasteiger partial charge in [0, 0.05) is 29.3 Å². The van der Waals surface area contributed by atoms with Gasteiger partial charge in [-0.25, -0.2) is 0 Å². The fraction of sp³-hybridized carbons (Fsp3) is 0.565. The highest BCUT2D eigenvalue weighted by Gasteiger charge is 2.32. The smallest absolute Gasteiger partial charge is 0.384 e. The first-order valence-corrected chi connectivity index (χ1v) is 11.5. The van der Waals surface area contributed by atoms with Crippen molar-refractivity contribution in [2.75, 3.05) is 11.9 Å². The second-order valence-corrected chi connectivity index (χ2v) is 10.2. The van der Waals surface area contributed by atoms with Crippen LogP contribution in [-0.4, -0.2) is 17.0 Å². The summed E-state index contributed by atoms with van der Waals surface area (Å²) in [7, 11) is 0. The molecule has 1 aliphatic carbocycles. The standard InChI is InChI=1S/C23H30F3N3OS/c1-6-11-27-18-10-9-16(23(24,25)26)12-17(18)20(30)28-21-29(13-15-7-8-15)14(2)19(31-21)22(3,4)5/h9-10,12,15,27H,6-8,11,13H2,1-5H3/b28-21-. The number of thiazole rings is 1. The molecule has 1 aromatic carbocycles. The van der Waals surface area contributed by atoms with E-state index in [1.54, 1.807) is 0 Å². The number of rotatable bonds is 6. The van der Waals surface area contributed by atoms with Gasteiger partial charge in [0.25, 0.3) is 5.91 Å². The lowest BCUT2D eigenvalue weighted by atomic mass is 9.93. The minimum atomic E-state index is -4.52. The third-order valence-corrected chi connectivity index (χ3v) is 6.92. The van der Waals surface area contributed by atoms with Crippen molar-refractivity contribution in [3.8, 4) is 0 Å². The SMILES string of the molecule is CCCNc1ccc(C(F)(F)F)cc1C(=O)/N=c1\sc(C(C)(C)C)c(C)n1CC1CC1. The summed E-state index contributed by atoms with van der Waals surface area (Å²) in [6.45, 7) is 11.6. The molecule has 1 amide bonds. The maximum atomic E-state index is 13.3. The summed E-state index contributed by atoms with van der Waals surface area (Å²) < 4.78 is 41.9. The highest BCUT2D eigenvalue weighted by Crippen LogP contribution is 2.34. The molecule has 0 bridgehead atoms. The van der Waals surface area contributed by atoms with Crippen molar-refractivity contribution < 1.29 is 18.0 Å². The molecule has 8 heteroatoms. The van der Waals surface area contributed by atoms with Crippen LogP contribution in [0.15, 0.2) is 23.2 Å². The second kappa shape index (κ2) is 8.81. The van der Waals surface area contributed by atoms with Gasteiger partial charge in [-0.3, -0.25) is 4.79 Å². The number of amides is 1. The molecule has 31 heavy (non-hydrogen) atoms. The predicted molar refractivity (Wildman–Crippen MR) is 119 cm³/mol. The Bertz CT molecular complexity index is 1020. The van der Waals surface area contributed by atoms with E-state index in [-0.39, 0.29) is 11.0 Å². The molecule has 170 valence electrons. The van der Waals surface area contributed by atoms with Crippen LogP contribution in [0.3, 0.4) is 0 Å². The van der Waals surface area contributed by atoms with Gasteiger partial charge in [-0.05, 0) is 55.7 Å². The van der Waals surface area contributed by atoms with Crippen molar-refractivity contribution in [2.45, 2.75) is 72.0 Å². The Hall–Kier alpha value is -2.09. The number of hydrogen-bond acceptors (Lipinski definition) is 3. The van der Waals surface area contributed by atoms with Crippen LogP contribution < -0.4 is 10.1 Å². The Morgan fingerprint density at radius 3 is 2.48 bits per heavy atom. The van der Waals surface area contributed by atoms with Crippen molar-refractivity contribution in [2.24, 2.45) is 10.9 Å². The highest BCUT2D eigenvalue weighted by atomic mass is 32.1. The predicted octanol–water partition coefficient (Wildman–Crippen LogP) is 6.15. The minimum Gasteiger partial charge on any atom is -0.384 e. The molecule has 4 nitrogen and oxygen atoms in total. The van der Waals surface area contributed by atoms with Crippen LogP contribution in [0.25, 0.3) is 0 Å². The molecule has 0 spiro atoms. The van der Waals surface area contributed by atoms with Crippen molar-refractivity contribution in [3.63, 3.8) is 0 Å². The van der Waals surface area contributed by atoms with Gasteiger partial charge < -0.3 is 9.88 Å². The van der Waals surface area contributed by atoms with Gasteiger partial charge in [0.15, 0.2) is 4.80 Å². The summed E-state index contributed by atoms with van der Waals surface area (Å²) in [5.74, 6) is -0.0820. The zero-order chi connectivity index (χ0) is 23.0. The lowest BCUT2D eigenvalue weighted by Crippen LogP contribution is -2.20. The summed E-state index contributed by atoms with van der Waals surface area (Å²) in [6.07, 6.45) is -1.44. The number of carbonyl (C=O) groups excluding carboxylic acids is 1. The van der Waals surface area contributed by atoms with E-state index in [1.807, 2.05) is 13.8 Å². The molecule has 0 atom stereocenters. The Morgan fingerprint density at radius 1 is 1.26 bits per heavy atom. The summed E-state index contributed by atoms with van der Waals surface area (Å²) in [4.78, 5) is 19.1. The molecule has 1 aliphatic rings. The molecule has 3 rings (SSSR count). The first-order valence-electron chi connectivity index (χ1n) is 10.7. The van der Waals surface area contributed by atoms with Crippen LogP contribution in [0.1, 0.15) is 73.4 Å². The van der Waals surface area contributed by atoms with E-state index < -0.39 is 17.6 Å². The zero-order valence-electron chi connectivity index (χ0n) is 18.7. The Morgan fingerprint density at radius 2 is 1.94 bits per heavy atom. The first-order chi connectivity index (χ1) is 14.4. The second-order valence-electron chi connectivity index (χ2n) is 9.21. The zero-order valence-corrected chi connectivity index (χ0v) is 19.5. The molecule has 1 heterocycles. The number of alkyl halides is 3. The van der Waals surface area contributed by atoms with Crippen LogP contribution in [0.5, 0.6) is 0 Å². The molecule has 1 saturated carbocycles. The normalized spacial score (nSPS) is 15.4. The average molecular weight is 454 g/mol.